The van der Waals surface area contributed by atoms with E-state index in [1.54, 1.807) is 0 Å². The SMILES string of the molecule is CCc1ccc(CCOC(C)=O)cc1. The molecule has 0 aliphatic heterocycles. The van der Waals surface area contributed by atoms with Gasteiger partial charge in [-0.05, 0) is 17.5 Å². The van der Waals surface area contributed by atoms with Gasteiger partial charge in [0.2, 0.25) is 0 Å². The van der Waals surface area contributed by atoms with Gasteiger partial charge < -0.3 is 4.74 Å². The number of ether oxygens (including phenoxy) is 1. The van der Waals surface area contributed by atoms with Crippen LogP contribution < -0.4 is 0 Å². The first-order valence-electron chi connectivity index (χ1n) is 4.93. The van der Waals surface area contributed by atoms with Crippen molar-refractivity contribution >= 4 is 5.97 Å². The van der Waals surface area contributed by atoms with Gasteiger partial charge in [-0.1, -0.05) is 31.2 Å². The van der Waals surface area contributed by atoms with Crippen LogP contribution in [-0.4, -0.2) is 12.6 Å². The van der Waals surface area contributed by atoms with Crippen molar-refractivity contribution in [1.29, 1.82) is 0 Å². The third-order valence-corrected chi connectivity index (χ3v) is 2.13. The molecule has 0 aromatic heterocycles. The highest BCUT2D eigenvalue weighted by molar-refractivity contribution is 5.65. The monoisotopic (exact) mass is 192 g/mol. The van der Waals surface area contributed by atoms with Crippen LogP contribution in [0.5, 0.6) is 0 Å². The molecule has 0 N–H and O–H groups in total. The number of hydrogen-bond acceptors (Lipinski definition) is 2. The predicted molar refractivity (Wildman–Crippen MR) is 56.2 cm³/mol. The van der Waals surface area contributed by atoms with Crippen LogP contribution in [0.1, 0.15) is 25.0 Å². The van der Waals surface area contributed by atoms with Crippen molar-refractivity contribution in [3.63, 3.8) is 0 Å². The number of carbonyl (C=O) groups is 1. The van der Waals surface area contributed by atoms with Gasteiger partial charge >= 0.3 is 5.97 Å². The minimum Gasteiger partial charge on any atom is -0.466 e. The summed E-state index contributed by atoms with van der Waals surface area (Å²) in [5.74, 6) is -0.213. The highest BCUT2D eigenvalue weighted by Crippen LogP contribution is 2.05. The van der Waals surface area contributed by atoms with E-state index in [1.165, 1.54) is 18.1 Å². The number of carbonyl (C=O) groups excluding carboxylic acids is 1. The fraction of sp³-hybridized carbons (Fsp3) is 0.417. The first-order chi connectivity index (χ1) is 6.72. The summed E-state index contributed by atoms with van der Waals surface area (Å²) >= 11 is 0. The molecule has 2 heteroatoms. The summed E-state index contributed by atoms with van der Waals surface area (Å²) in [6.45, 7) is 4.04. The zero-order valence-electron chi connectivity index (χ0n) is 8.75. The zero-order chi connectivity index (χ0) is 10.4. The normalized spacial score (nSPS) is 9.86. The Morgan fingerprint density at radius 1 is 1.21 bits per heavy atom. The van der Waals surface area contributed by atoms with Crippen LogP contribution in [0.25, 0.3) is 0 Å². The van der Waals surface area contributed by atoms with Gasteiger partial charge in [0.1, 0.15) is 0 Å². The number of esters is 1. The molecule has 0 fully saturated rings. The van der Waals surface area contributed by atoms with Crippen molar-refractivity contribution in [2.45, 2.75) is 26.7 Å². The van der Waals surface area contributed by atoms with Crippen LogP contribution in [0.2, 0.25) is 0 Å². The molecule has 2 nitrogen and oxygen atoms in total. The predicted octanol–water partition coefficient (Wildman–Crippen LogP) is 2.35. The molecule has 0 aliphatic carbocycles. The molecule has 14 heavy (non-hydrogen) atoms. The third-order valence-electron chi connectivity index (χ3n) is 2.13. The summed E-state index contributed by atoms with van der Waals surface area (Å²) in [5.41, 5.74) is 2.55. The van der Waals surface area contributed by atoms with Crippen LogP contribution in [0, 0.1) is 0 Å². The Kier molecular flexibility index (Phi) is 4.17. The molecule has 0 amide bonds. The average molecular weight is 192 g/mol. The van der Waals surface area contributed by atoms with Crippen LogP contribution in [0.4, 0.5) is 0 Å². The second-order valence-electron chi connectivity index (χ2n) is 3.26. The molecule has 0 heterocycles. The number of aryl methyl sites for hydroxylation is 1. The van der Waals surface area contributed by atoms with Crippen LogP contribution >= 0.6 is 0 Å². The Labute approximate surface area is 84.9 Å². The molecule has 0 spiro atoms. The zero-order valence-corrected chi connectivity index (χ0v) is 8.75. The van der Waals surface area contributed by atoms with Crippen LogP contribution in [-0.2, 0) is 22.4 Å². The van der Waals surface area contributed by atoms with Crippen molar-refractivity contribution in [2.75, 3.05) is 6.61 Å². The molecule has 1 aromatic rings. The average Bonchev–Trinajstić information content (AvgIpc) is 2.18. The molecule has 0 bridgehead atoms. The minimum absolute atomic E-state index is 0.213. The number of benzene rings is 1. The molecule has 0 saturated heterocycles. The minimum atomic E-state index is -0.213. The molecular weight excluding hydrogens is 176 g/mol. The molecule has 0 aliphatic rings. The van der Waals surface area contributed by atoms with E-state index < -0.39 is 0 Å². The lowest BCUT2D eigenvalue weighted by Gasteiger charge is -2.03. The number of hydrogen-bond donors (Lipinski definition) is 0. The van der Waals surface area contributed by atoms with E-state index in [-0.39, 0.29) is 5.97 Å². The second kappa shape index (κ2) is 5.43. The molecular formula is C12H16O2. The molecule has 1 rings (SSSR count). The Morgan fingerprint density at radius 2 is 1.79 bits per heavy atom. The first kappa shape index (κ1) is 10.8. The van der Waals surface area contributed by atoms with Gasteiger partial charge in [-0.15, -0.1) is 0 Å². The summed E-state index contributed by atoms with van der Waals surface area (Å²) in [7, 11) is 0. The molecule has 0 radical (unpaired) electrons. The molecule has 0 atom stereocenters. The molecule has 0 saturated carbocycles. The van der Waals surface area contributed by atoms with Crippen molar-refractivity contribution in [1.82, 2.24) is 0 Å². The van der Waals surface area contributed by atoms with E-state index in [2.05, 4.69) is 31.2 Å². The van der Waals surface area contributed by atoms with Crippen molar-refractivity contribution in [2.24, 2.45) is 0 Å². The Hall–Kier alpha value is -1.31. The van der Waals surface area contributed by atoms with E-state index >= 15 is 0 Å². The lowest BCUT2D eigenvalue weighted by Crippen LogP contribution is -2.03. The first-order valence-corrected chi connectivity index (χ1v) is 4.93. The Morgan fingerprint density at radius 3 is 2.29 bits per heavy atom. The van der Waals surface area contributed by atoms with E-state index in [9.17, 15) is 4.79 Å². The van der Waals surface area contributed by atoms with Crippen molar-refractivity contribution < 1.29 is 9.53 Å². The quantitative estimate of drug-likeness (QED) is 0.684. The summed E-state index contributed by atoms with van der Waals surface area (Å²) < 4.78 is 4.86. The summed E-state index contributed by atoms with van der Waals surface area (Å²) in [5, 5.41) is 0. The van der Waals surface area contributed by atoms with E-state index in [4.69, 9.17) is 4.74 Å². The largest absolute Gasteiger partial charge is 0.466 e. The fourth-order valence-corrected chi connectivity index (χ4v) is 1.25. The molecule has 0 unspecified atom stereocenters. The highest BCUT2D eigenvalue weighted by Gasteiger charge is 1.95. The van der Waals surface area contributed by atoms with Crippen LogP contribution in [0.3, 0.4) is 0 Å². The van der Waals surface area contributed by atoms with Gasteiger partial charge in [-0.3, -0.25) is 4.79 Å². The second-order valence-corrected chi connectivity index (χ2v) is 3.26. The smallest absolute Gasteiger partial charge is 0.302 e. The maximum atomic E-state index is 10.5. The van der Waals surface area contributed by atoms with Gasteiger partial charge in [0.15, 0.2) is 0 Å². The maximum absolute atomic E-state index is 10.5. The van der Waals surface area contributed by atoms with Gasteiger partial charge in [-0.25, -0.2) is 0 Å². The van der Waals surface area contributed by atoms with Crippen molar-refractivity contribution in [3.8, 4) is 0 Å². The lowest BCUT2D eigenvalue weighted by molar-refractivity contribution is -0.140. The topological polar surface area (TPSA) is 26.3 Å². The summed E-state index contributed by atoms with van der Waals surface area (Å²) in [4.78, 5) is 10.5. The fourth-order valence-electron chi connectivity index (χ4n) is 1.25. The van der Waals surface area contributed by atoms with Gasteiger partial charge in [-0.2, -0.15) is 0 Å². The van der Waals surface area contributed by atoms with Gasteiger partial charge in [0.05, 0.1) is 6.61 Å². The van der Waals surface area contributed by atoms with E-state index in [0.29, 0.717) is 6.61 Å². The maximum Gasteiger partial charge on any atom is 0.302 e. The third kappa shape index (κ3) is 3.60. The molecule has 76 valence electrons. The summed E-state index contributed by atoms with van der Waals surface area (Å²) in [6, 6.07) is 8.40. The number of rotatable bonds is 4. The highest BCUT2D eigenvalue weighted by atomic mass is 16.5. The molecule has 1 aromatic carbocycles. The van der Waals surface area contributed by atoms with Gasteiger partial charge in [0, 0.05) is 13.3 Å². The standard InChI is InChI=1S/C12H16O2/c1-3-11-4-6-12(7-5-11)8-9-14-10(2)13/h4-7H,3,8-9H2,1-2H3. The van der Waals surface area contributed by atoms with E-state index in [0.717, 1.165) is 12.8 Å². The Bertz CT molecular complexity index is 288. The van der Waals surface area contributed by atoms with Crippen molar-refractivity contribution in [3.05, 3.63) is 35.4 Å². The van der Waals surface area contributed by atoms with E-state index in [1.807, 2.05) is 0 Å². The van der Waals surface area contributed by atoms with Crippen LogP contribution in [0.15, 0.2) is 24.3 Å². The summed E-state index contributed by atoms with van der Waals surface area (Å²) in [6.07, 6.45) is 1.85. The lowest BCUT2D eigenvalue weighted by atomic mass is 10.1. The van der Waals surface area contributed by atoms with Gasteiger partial charge in [0.25, 0.3) is 0 Å². The Balaban J connectivity index is 2.40.